The minimum Gasteiger partial charge on any atom is -0.463 e. The number of benzene rings is 1. The van der Waals surface area contributed by atoms with Crippen LogP contribution in [0.5, 0.6) is 0 Å². The average Bonchev–Trinajstić information content (AvgIpc) is 3.27. The van der Waals surface area contributed by atoms with Crippen LogP contribution in [0.3, 0.4) is 0 Å². The molecule has 194 valence electrons. The van der Waals surface area contributed by atoms with E-state index in [1.165, 1.54) is 6.42 Å². The molecule has 0 bridgehead atoms. The maximum atomic E-state index is 11.8. The molecule has 1 N–H and O–H groups in total. The van der Waals surface area contributed by atoms with E-state index in [-0.39, 0.29) is 12.6 Å². The van der Waals surface area contributed by atoms with E-state index in [0.29, 0.717) is 32.2 Å². The van der Waals surface area contributed by atoms with Crippen LogP contribution in [0.15, 0.2) is 34.9 Å². The van der Waals surface area contributed by atoms with Gasteiger partial charge in [0.15, 0.2) is 0 Å². The molecule has 0 radical (unpaired) electrons. The van der Waals surface area contributed by atoms with E-state index >= 15 is 0 Å². The monoisotopic (exact) mass is 487 g/mol. The quantitative estimate of drug-likeness (QED) is 0.312. The number of aromatic nitrogens is 1. The van der Waals surface area contributed by atoms with Crippen LogP contribution < -0.4 is 4.90 Å². The Kier molecular flexibility index (Phi) is 11.0. The minimum absolute atomic E-state index is 0.00912. The van der Waals surface area contributed by atoms with E-state index in [4.69, 9.17) is 14.0 Å². The Morgan fingerprint density at radius 1 is 1.31 bits per heavy atom. The SMILES string of the molecule is CCCC(=O)OC[C@@H](O)CN(CCCOC)Cc1c(-c2ccccc2)noc1N1CCCC[C@@H]1C. The van der Waals surface area contributed by atoms with E-state index in [1.54, 1.807) is 7.11 Å². The Balaban J connectivity index is 1.83. The normalized spacial score (nSPS) is 17.1. The molecule has 0 unspecified atom stereocenters. The number of ether oxygens (including phenoxy) is 2. The second-order valence-electron chi connectivity index (χ2n) is 9.39. The molecule has 1 aliphatic rings. The van der Waals surface area contributed by atoms with Gasteiger partial charge in [-0.2, -0.15) is 0 Å². The first kappa shape index (κ1) is 27.2. The smallest absolute Gasteiger partial charge is 0.305 e. The highest BCUT2D eigenvalue weighted by atomic mass is 16.5. The highest BCUT2D eigenvalue weighted by Crippen LogP contribution is 2.35. The van der Waals surface area contributed by atoms with Crippen molar-refractivity contribution in [2.24, 2.45) is 0 Å². The van der Waals surface area contributed by atoms with Gasteiger partial charge in [0.25, 0.3) is 0 Å². The fraction of sp³-hybridized carbons (Fsp3) is 0.630. The third kappa shape index (κ3) is 8.05. The zero-order valence-electron chi connectivity index (χ0n) is 21.4. The summed E-state index contributed by atoms with van der Waals surface area (Å²) in [4.78, 5) is 16.3. The zero-order valence-corrected chi connectivity index (χ0v) is 21.4. The van der Waals surface area contributed by atoms with Crippen molar-refractivity contribution in [2.75, 3.05) is 44.9 Å². The maximum absolute atomic E-state index is 11.8. The number of methoxy groups -OCH3 is 1. The summed E-state index contributed by atoms with van der Waals surface area (Å²) in [5.74, 6) is 0.543. The van der Waals surface area contributed by atoms with Crippen LogP contribution >= 0.6 is 0 Å². The van der Waals surface area contributed by atoms with Gasteiger partial charge in [-0.3, -0.25) is 9.69 Å². The van der Waals surface area contributed by atoms with E-state index in [1.807, 2.05) is 37.3 Å². The van der Waals surface area contributed by atoms with Crippen LogP contribution in [0.2, 0.25) is 0 Å². The first-order valence-corrected chi connectivity index (χ1v) is 12.9. The van der Waals surface area contributed by atoms with E-state index in [9.17, 15) is 9.90 Å². The van der Waals surface area contributed by atoms with Crippen LogP contribution in [0, 0.1) is 0 Å². The van der Waals surface area contributed by atoms with Crippen LogP contribution in [-0.2, 0) is 20.8 Å². The van der Waals surface area contributed by atoms with Gasteiger partial charge in [0.05, 0.1) is 5.56 Å². The van der Waals surface area contributed by atoms with Crippen molar-refractivity contribution in [1.29, 1.82) is 0 Å². The number of anilines is 1. The van der Waals surface area contributed by atoms with Gasteiger partial charge < -0.3 is 24.0 Å². The lowest BCUT2D eigenvalue weighted by Crippen LogP contribution is -2.39. The van der Waals surface area contributed by atoms with Gasteiger partial charge >= 0.3 is 5.97 Å². The molecule has 0 saturated carbocycles. The maximum Gasteiger partial charge on any atom is 0.305 e. The second-order valence-corrected chi connectivity index (χ2v) is 9.39. The Hall–Kier alpha value is -2.42. The average molecular weight is 488 g/mol. The molecule has 1 aromatic heterocycles. The lowest BCUT2D eigenvalue weighted by Gasteiger charge is -2.34. The predicted octanol–water partition coefficient (Wildman–Crippen LogP) is 4.26. The van der Waals surface area contributed by atoms with Gasteiger partial charge in [0, 0.05) is 57.9 Å². The number of piperidine rings is 1. The molecule has 0 aliphatic carbocycles. The molecular formula is C27H41N3O5. The second kappa shape index (κ2) is 14.2. The summed E-state index contributed by atoms with van der Waals surface area (Å²) in [6.07, 6.45) is 4.61. The molecule has 1 fully saturated rings. The standard InChI is InChI=1S/C27H41N3O5/c1-4-11-25(32)34-20-23(31)18-29(15-10-17-33-3)19-24-26(22-13-6-5-7-14-22)28-35-27(24)30-16-9-8-12-21(30)2/h5-7,13-14,21,23,31H,4,8-12,15-20H2,1-3H3/t21-,23-/m0/s1. The topological polar surface area (TPSA) is 88.3 Å². The molecule has 1 aliphatic heterocycles. The number of hydrogen-bond acceptors (Lipinski definition) is 8. The van der Waals surface area contributed by atoms with Gasteiger partial charge in [-0.25, -0.2) is 0 Å². The summed E-state index contributed by atoms with van der Waals surface area (Å²) in [5.41, 5.74) is 2.87. The van der Waals surface area contributed by atoms with Gasteiger partial charge in [0.2, 0.25) is 5.88 Å². The summed E-state index contributed by atoms with van der Waals surface area (Å²) in [5, 5.41) is 15.2. The first-order chi connectivity index (χ1) is 17.0. The molecule has 0 amide bonds. The third-order valence-corrected chi connectivity index (χ3v) is 6.44. The molecule has 3 rings (SSSR count). The Bertz CT molecular complexity index is 888. The Morgan fingerprint density at radius 3 is 2.83 bits per heavy atom. The molecule has 2 heterocycles. The third-order valence-electron chi connectivity index (χ3n) is 6.44. The number of esters is 1. The number of carbonyl (C=O) groups excluding carboxylic acids is 1. The summed E-state index contributed by atoms with van der Waals surface area (Å²) in [6, 6.07) is 10.5. The lowest BCUT2D eigenvalue weighted by molar-refractivity contribution is -0.147. The van der Waals surface area contributed by atoms with Gasteiger partial charge in [-0.1, -0.05) is 42.4 Å². The number of aliphatic hydroxyl groups is 1. The lowest BCUT2D eigenvalue weighted by atomic mass is 10.0. The summed E-state index contributed by atoms with van der Waals surface area (Å²) >= 11 is 0. The van der Waals surface area contributed by atoms with Crippen molar-refractivity contribution < 1.29 is 23.9 Å². The van der Waals surface area contributed by atoms with Crippen LogP contribution in [0.25, 0.3) is 11.3 Å². The molecule has 8 nitrogen and oxygen atoms in total. The van der Waals surface area contributed by atoms with Gasteiger partial charge in [-0.05, 0) is 39.0 Å². The van der Waals surface area contributed by atoms with Crippen LogP contribution in [-0.4, -0.2) is 73.2 Å². The predicted molar refractivity (Wildman–Crippen MR) is 136 cm³/mol. The van der Waals surface area contributed by atoms with E-state index < -0.39 is 6.10 Å². The van der Waals surface area contributed by atoms with Gasteiger partial charge in [-0.15, -0.1) is 0 Å². The van der Waals surface area contributed by atoms with Crippen LogP contribution in [0.4, 0.5) is 5.88 Å². The number of rotatable bonds is 14. The number of nitrogens with zero attached hydrogens (tertiary/aromatic N) is 3. The highest BCUT2D eigenvalue weighted by molar-refractivity contribution is 5.69. The van der Waals surface area contributed by atoms with Crippen LogP contribution in [0.1, 0.15) is 57.9 Å². The fourth-order valence-corrected chi connectivity index (χ4v) is 4.60. The van der Waals surface area contributed by atoms with Crippen molar-refractivity contribution in [1.82, 2.24) is 10.1 Å². The van der Waals surface area contributed by atoms with Crippen molar-refractivity contribution in [3.63, 3.8) is 0 Å². The molecular weight excluding hydrogens is 446 g/mol. The van der Waals surface area contributed by atoms with Crippen molar-refractivity contribution in [3.05, 3.63) is 35.9 Å². The number of hydrogen-bond donors (Lipinski definition) is 1. The fourth-order valence-electron chi connectivity index (χ4n) is 4.60. The van der Waals surface area contributed by atoms with E-state index in [0.717, 1.165) is 61.5 Å². The summed E-state index contributed by atoms with van der Waals surface area (Å²) < 4.78 is 16.5. The molecule has 8 heteroatoms. The summed E-state index contributed by atoms with van der Waals surface area (Å²) in [7, 11) is 1.69. The summed E-state index contributed by atoms with van der Waals surface area (Å²) in [6.45, 7) is 7.39. The minimum atomic E-state index is -0.782. The Labute approximate surface area is 209 Å². The highest BCUT2D eigenvalue weighted by Gasteiger charge is 2.29. The van der Waals surface area contributed by atoms with Gasteiger partial charge in [0.1, 0.15) is 18.4 Å². The van der Waals surface area contributed by atoms with Crippen molar-refractivity contribution in [2.45, 2.75) is 71.1 Å². The Morgan fingerprint density at radius 2 is 2.11 bits per heavy atom. The largest absolute Gasteiger partial charge is 0.463 e. The molecule has 1 aromatic carbocycles. The number of aliphatic hydroxyl groups excluding tert-OH is 1. The first-order valence-electron chi connectivity index (χ1n) is 12.9. The zero-order chi connectivity index (χ0) is 25.0. The molecule has 2 aromatic rings. The molecule has 35 heavy (non-hydrogen) atoms. The van der Waals surface area contributed by atoms with Crippen molar-refractivity contribution in [3.8, 4) is 11.3 Å². The molecule has 2 atom stereocenters. The van der Waals surface area contributed by atoms with E-state index in [2.05, 4.69) is 21.9 Å². The van der Waals surface area contributed by atoms with Crippen molar-refractivity contribution >= 4 is 11.9 Å². The number of carbonyl (C=O) groups is 1. The molecule has 0 spiro atoms. The molecule has 1 saturated heterocycles.